The van der Waals surface area contributed by atoms with E-state index < -0.39 is 5.91 Å². The molecule has 1 N–H and O–H groups in total. The Morgan fingerprint density at radius 1 is 1.21 bits per heavy atom. The highest BCUT2D eigenvalue weighted by molar-refractivity contribution is 14.1. The number of methoxy groups -OCH3 is 1. The van der Waals surface area contributed by atoms with Crippen LogP contribution >= 0.6 is 34.4 Å². The van der Waals surface area contributed by atoms with E-state index in [4.69, 9.17) is 4.74 Å². The van der Waals surface area contributed by atoms with Gasteiger partial charge in [-0.1, -0.05) is 18.2 Å². The van der Waals surface area contributed by atoms with Gasteiger partial charge in [0.1, 0.15) is 0 Å². The summed E-state index contributed by atoms with van der Waals surface area (Å²) in [6.07, 6.45) is 1.51. The van der Waals surface area contributed by atoms with E-state index in [9.17, 15) is 14.7 Å². The molecule has 0 atom stereocenters. The summed E-state index contributed by atoms with van der Waals surface area (Å²) in [5.74, 6) is -0.159. The Morgan fingerprint density at radius 3 is 2.58 bits per heavy atom. The average Bonchev–Trinajstić information content (AvgIpc) is 2.85. The molecule has 1 fully saturated rings. The lowest BCUT2D eigenvalue weighted by atomic mass is 10.1. The highest BCUT2D eigenvalue weighted by atomic mass is 127. The lowest BCUT2D eigenvalue weighted by Crippen LogP contribution is -2.27. The second-order valence-electron chi connectivity index (χ2n) is 4.90. The van der Waals surface area contributed by atoms with Gasteiger partial charge < -0.3 is 9.84 Å². The standard InChI is InChI=1S/C17H12INO4S/c1-23-13-9-11(18)7-10(15(13)20)8-14-16(21)19(17(22)24-14)12-5-3-2-4-6-12/h2-9,20H,1H3/b14-8-. The van der Waals surface area contributed by atoms with Crippen molar-refractivity contribution in [2.45, 2.75) is 0 Å². The fourth-order valence-electron chi connectivity index (χ4n) is 2.27. The minimum absolute atomic E-state index is 0.0653. The fraction of sp³-hybridized carbons (Fsp3) is 0.0588. The predicted octanol–water partition coefficient (Wildman–Crippen LogP) is 4.25. The van der Waals surface area contributed by atoms with Crippen LogP contribution in [0.2, 0.25) is 0 Å². The normalized spacial score (nSPS) is 16.1. The monoisotopic (exact) mass is 453 g/mol. The molecule has 2 aromatic carbocycles. The van der Waals surface area contributed by atoms with Gasteiger partial charge in [0.05, 0.1) is 17.7 Å². The minimum Gasteiger partial charge on any atom is -0.504 e. The van der Waals surface area contributed by atoms with Crippen molar-refractivity contribution in [3.63, 3.8) is 0 Å². The number of rotatable bonds is 3. The van der Waals surface area contributed by atoms with E-state index in [1.54, 1.807) is 36.4 Å². The second-order valence-corrected chi connectivity index (χ2v) is 7.14. The molecular formula is C17H12INO4S. The molecule has 24 heavy (non-hydrogen) atoms. The summed E-state index contributed by atoms with van der Waals surface area (Å²) in [6.45, 7) is 0. The van der Waals surface area contributed by atoms with E-state index in [-0.39, 0.29) is 15.9 Å². The lowest BCUT2D eigenvalue weighted by Gasteiger charge is -2.11. The first-order valence-corrected chi connectivity index (χ1v) is 8.80. The second kappa shape index (κ2) is 6.86. The van der Waals surface area contributed by atoms with E-state index in [0.29, 0.717) is 17.0 Å². The van der Waals surface area contributed by atoms with Gasteiger partial charge in [0.15, 0.2) is 11.5 Å². The minimum atomic E-state index is -0.409. The number of thioether (sulfide) groups is 1. The molecule has 0 spiro atoms. The van der Waals surface area contributed by atoms with E-state index in [0.717, 1.165) is 20.2 Å². The number of imide groups is 1. The lowest BCUT2D eigenvalue weighted by molar-refractivity contribution is -0.113. The fourth-order valence-corrected chi connectivity index (χ4v) is 3.72. The first-order valence-electron chi connectivity index (χ1n) is 6.91. The van der Waals surface area contributed by atoms with Crippen LogP contribution in [0.5, 0.6) is 11.5 Å². The third-order valence-corrected chi connectivity index (χ3v) is 4.88. The molecular weight excluding hydrogens is 441 g/mol. The van der Waals surface area contributed by atoms with E-state index in [1.165, 1.54) is 13.2 Å². The number of ether oxygens (including phenoxy) is 1. The van der Waals surface area contributed by atoms with Gasteiger partial charge in [0.2, 0.25) is 0 Å². The number of para-hydroxylation sites is 1. The molecule has 1 saturated heterocycles. The Morgan fingerprint density at radius 2 is 1.92 bits per heavy atom. The zero-order chi connectivity index (χ0) is 17.3. The molecule has 122 valence electrons. The summed E-state index contributed by atoms with van der Waals surface area (Å²) in [5.41, 5.74) is 0.949. The van der Waals surface area contributed by atoms with E-state index >= 15 is 0 Å². The number of aromatic hydroxyl groups is 1. The van der Waals surface area contributed by atoms with Crippen LogP contribution < -0.4 is 9.64 Å². The number of carbonyl (C=O) groups is 2. The van der Waals surface area contributed by atoms with Crippen LogP contribution in [0.4, 0.5) is 10.5 Å². The van der Waals surface area contributed by atoms with Crippen molar-refractivity contribution in [1.82, 2.24) is 0 Å². The molecule has 1 aliphatic heterocycles. The molecule has 7 heteroatoms. The van der Waals surface area contributed by atoms with E-state index in [1.807, 2.05) is 6.07 Å². The van der Waals surface area contributed by atoms with Crippen molar-refractivity contribution in [2.24, 2.45) is 0 Å². The van der Waals surface area contributed by atoms with Gasteiger partial charge in [0.25, 0.3) is 11.1 Å². The Hall–Kier alpha value is -2.00. The zero-order valence-electron chi connectivity index (χ0n) is 12.5. The molecule has 0 aliphatic carbocycles. The van der Waals surface area contributed by atoms with Gasteiger partial charge in [-0.15, -0.1) is 0 Å². The van der Waals surface area contributed by atoms with Crippen LogP contribution in [0, 0.1) is 3.57 Å². The summed E-state index contributed by atoms with van der Waals surface area (Å²) in [4.78, 5) is 26.1. The molecule has 0 radical (unpaired) electrons. The van der Waals surface area contributed by atoms with Crippen molar-refractivity contribution >= 4 is 57.3 Å². The summed E-state index contributed by atoms with van der Waals surface area (Å²) in [6, 6.07) is 12.1. The molecule has 2 amide bonds. The Labute approximate surface area is 156 Å². The molecule has 0 bridgehead atoms. The van der Waals surface area contributed by atoms with E-state index in [2.05, 4.69) is 22.6 Å². The molecule has 0 unspecified atom stereocenters. The summed E-state index contributed by atoms with van der Waals surface area (Å²) in [5, 5.41) is 9.85. The van der Waals surface area contributed by atoms with Crippen LogP contribution in [0.1, 0.15) is 5.56 Å². The smallest absolute Gasteiger partial charge is 0.298 e. The SMILES string of the molecule is COc1cc(I)cc(/C=C2\SC(=O)N(c3ccccc3)C2=O)c1O. The largest absolute Gasteiger partial charge is 0.504 e. The topological polar surface area (TPSA) is 66.8 Å². The zero-order valence-corrected chi connectivity index (χ0v) is 15.5. The van der Waals surface area contributed by atoms with Crippen molar-refractivity contribution in [1.29, 1.82) is 0 Å². The van der Waals surface area contributed by atoms with Crippen molar-refractivity contribution in [2.75, 3.05) is 12.0 Å². The number of carbonyl (C=O) groups excluding carboxylic acids is 2. The van der Waals surface area contributed by atoms with Crippen LogP contribution in [0.25, 0.3) is 6.08 Å². The third-order valence-electron chi connectivity index (χ3n) is 3.38. The molecule has 0 saturated carbocycles. The maximum absolute atomic E-state index is 12.6. The molecule has 2 aromatic rings. The van der Waals surface area contributed by atoms with Gasteiger partial charge in [-0.05, 0) is 64.7 Å². The quantitative estimate of drug-likeness (QED) is 0.556. The highest BCUT2D eigenvalue weighted by Crippen LogP contribution is 2.39. The third kappa shape index (κ3) is 3.13. The van der Waals surface area contributed by atoms with Crippen LogP contribution in [0.3, 0.4) is 0 Å². The van der Waals surface area contributed by atoms with Gasteiger partial charge in [-0.2, -0.15) is 0 Å². The number of halogens is 1. The first-order chi connectivity index (χ1) is 11.5. The molecule has 1 aliphatic rings. The van der Waals surface area contributed by atoms with Gasteiger partial charge in [-0.25, -0.2) is 4.90 Å². The maximum atomic E-state index is 12.6. The summed E-state index contributed by atoms with van der Waals surface area (Å²) >= 11 is 2.93. The maximum Gasteiger partial charge on any atom is 0.298 e. The Balaban J connectivity index is 2.00. The average molecular weight is 453 g/mol. The van der Waals surface area contributed by atoms with Crippen LogP contribution in [0.15, 0.2) is 47.4 Å². The number of phenolic OH excluding ortho intramolecular Hbond substituents is 1. The number of amides is 2. The highest BCUT2D eigenvalue weighted by Gasteiger charge is 2.36. The Kier molecular flexibility index (Phi) is 4.81. The van der Waals surface area contributed by atoms with Crippen LogP contribution in [-0.2, 0) is 4.79 Å². The number of benzene rings is 2. The first kappa shape index (κ1) is 16.8. The molecule has 0 aromatic heterocycles. The predicted molar refractivity (Wildman–Crippen MR) is 102 cm³/mol. The number of hydrogen-bond acceptors (Lipinski definition) is 5. The molecule has 5 nitrogen and oxygen atoms in total. The van der Waals surface area contributed by atoms with Gasteiger partial charge in [0, 0.05) is 9.13 Å². The van der Waals surface area contributed by atoms with Gasteiger partial charge in [-0.3, -0.25) is 9.59 Å². The van der Waals surface area contributed by atoms with Crippen molar-refractivity contribution in [3.05, 3.63) is 56.5 Å². The number of hydrogen-bond donors (Lipinski definition) is 1. The molecule has 1 heterocycles. The number of phenols is 1. The van der Waals surface area contributed by atoms with Crippen LogP contribution in [-0.4, -0.2) is 23.4 Å². The summed E-state index contributed by atoms with van der Waals surface area (Å²) in [7, 11) is 1.46. The Bertz CT molecular complexity index is 851. The summed E-state index contributed by atoms with van der Waals surface area (Å²) < 4.78 is 5.96. The number of nitrogens with zero attached hydrogens (tertiary/aromatic N) is 1. The van der Waals surface area contributed by atoms with Crippen molar-refractivity contribution < 1.29 is 19.4 Å². The number of anilines is 1. The van der Waals surface area contributed by atoms with Gasteiger partial charge >= 0.3 is 0 Å². The molecule has 3 rings (SSSR count). The van der Waals surface area contributed by atoms with Crippen molar-refractivity contribution in [3.8, 4) is 11.5 Å².